The fourth-order valence-electron chi connectivity index (χ4n) is 1.83. The molecule has 1 aliphatic carbocycles. The van der Waals surface area contributed by atoms with Crippen LogP contribution in [0.5, 0.6) is 0 Å². The number of fused-ring (bicyclic) bond motifs is 2. The average molecular weight is 264 g/mol. The van der Waals surface area contributed by atoms with Crippen molar-refractivity contribution < 1.29 is 19.0 Å². The third-order valence-corrected chi connectivity index (χ3v) is 3.73. The van der Waals surface area contributed by atoms with Gasteiger partial charge < -0.3 is 4.52 Å². The first kappa shape index (κ1) is 10.8. The first-order chi connectivity index (χ1) is 8.50. The second kappa shape index (κ2) is 3.33. The lowest BCUT2D eigenvalue weighted by atomic mass is 9.94. The Balaban J connectivity index is 2.28. The number of carbonyl (C=O) groups excluding carboxylic acids is 2. The highest BCUT2D eigenvalue weighted by atomic mass is 32.1. The van der Waals surface area contributed by atoms with Crippen LogP contribution in [0.2, 0.25) is 0 Å². The van der Waals surface area contributed by atoms with Gasteiger partial charge in [0.25, 0.3) is 0 Å². The zero-order valence-electron chi connectivity index (χ0n) is 8.92. The van der Waals surface area contributed by atoms with Crippen molar-refractivity contribution in [3.63, 3.8) is 0 Å². The number of aromatic nitrogens is 1. The summed E-state index contributed by atoms with van der Waals surface area (Å²) in [4.78, 5) is 34.2. The van der Waals surface area contributed by atoms with E-state index in [1.54, 1.807) is 6.92 Å². The molecular weight excluding hydrogens is 260 g/mol. The number of carbonyl (C=O) groups is 2. The molecule has 0 aromatic carbocycles. The first-order valence-corrected chi connectivity index (χ1v) is 5.66. The van der Waals surface area contributed by atoms with Crippen molar-refractivity contribution in [1.82, 2.24) is 5.16 Å². The van der Waals surface area contributed by atoms with Gasteiger partial charge in [0.05, 0.1) is 26.6 Å². The summed E-state index contributed by atoms with van der Waals surface area (Å²) in [6.45, 7) is 1.54. The molecule has 2 heterocycles. The molecule has 0 N–H and O–H groups in total. The number of aryl methyl sites for hydroxylation is 1. The number of nitrogens with zero attached hydrogens (tertiary/aromatic N) is 2. The molecule has 0 atom stereocenters. The van der Waals surface area contributed by atoms with E-state index in [4.69, 9.17) is 4.52 Å². The van der Waals surface area contributed by atoms with E-state index in [0.29, 0.717) is 17.0 Å². The summed E-state index contributed by atoms with van der Waals surface area (Å²) in [5.74, 6) is -1.13. The van der Waals surface area contributed by atoms with Crippen LogP contribution in [0.1, 0.15) is 37.0 Å². The van der Waals surface area contributed by atoms with Crippen LogP contribution < -0.4 is 0 Å². The summed E-state index contributed by atoms with van der Waals surface area (Å²) < 4.78 is 4.81. The van der Waals surface area contributed by atoms with Crippen molar-refractivity contribution in [3.8, 4) is 0 Å². The largest absolute Gasteiger partial charge is 0.352 e. The fraction of sp³-hybridized carbons (Fsp3) is 0.100. The maximum atomic E-state index is 12.1. The molecule has 0 radical (unpaired) electrons. The molecule has 0 aliphatic heterocycles. The predicted molar refractivity (Wildman–Crippen MR) is 59.1 cm³/mol. The molecule has 0 spiro atoms. The molecule has 7 nitrogen and oxygen atoms in total. The van der Waals surface area contributed by atoms with Crippen LogP contribution in [0.4, 0.5) is 5.00 Å². The smallest absolute Gasteiger partial charge is 0.325 e. The Morgan fingerprint density at radius 1 is 1.39 bits per heavy atom. The molecule has 0 unspecified atom stereocenters. The lowest BCUT2D eigenvalue weighted by Crippen LogP contribution is -2.17. The molecule has 1 aliphatic rings. The van der Waals surface area contributed by atoms with Gasteiger partial charge in [-0.3, -0.25) is 19.7 Å². The van der Waals surface area contributed by atoms with Gasteiger partial charge in [0.2, 0.25) is 17.3 Å². The van der Waals surface area contributed by atoms with Crippen molar-refractivity contribution in [2.45, 2.75) is 6.92 Å². The number of thiophene rings is 1. The Bertz CT molecular complexity index is 727. The second-order valence-corrected chi connectivity index (χ2v) is 4.75. The minimum Gasteiger partial charge on any atom is -0.352 e. The van der Waals surface area contributed by atoms with E-state index >= 15 is 0 Å². The molecule has 0 saturated heterocycles. The monoisotopic (exact) mass is 264 g/mol. The third-order valence-electron chi connectivity index (χ3n) is 2.65. The first-order valence-electron chi connectivity index (χ1n) is 4.84. The lowest BCUT2D eigenvalue weighted by Gasteiger charge is -2.06. The predicted octanol–water partition coefficient (Wildman–Crippen LogP) is 1.73. The van der Waals surface area contributed by atoms with E-state index in [2.05, 4.69) is 5.16 Å². The molecule has 3 rings (SSSR count). The Morgan fingerprint density at radius 3 is 2.78 bits per heavy atom. The standard InChI is InChI=1S/C10H4N2O5S/c1-3-6-8(14)10-4(2-5(18-10)12(15)16)7(13)9(6)17-11-3/h2H,1H3. The highest BCUT2D eigenvalue weighted by Gasteiger charge is 2.39. The topological polar surface area (TPSA) is 103 Å². The van der Waals surface area contributed by atoms with E-state index in [9.17, 15) is 19.7 Å². The molecule has 8 heteroatoms. The Kier molecular flexibility index (Phi) is 1.99. The molecule has 0 amide bonds. The summed E-state index contributed by atoms with van der Waals surface area (Å²) in [5, 5.41) is 14.0. The summed E-state index contributed by atoms with van der Waals surface area (Å²) in [6, 6.07) is 1.10. The summed E-state index contributed by atoms with van der Waals surface area (Å²) >= 11 is 0.692. The van der Waals surface area contributed by atoms with Crippen LogP contribution in [0.25, 0.3) is 0 Å². The van der Waals surface area contributed by atoms with Crippen LogP contribution in [0, 0.1) is 17.0 Å². The van der Waals surface area contributed by atoms with Crippen molar-refractivity contribution in [2.75, 3.05) is 0 Å². The minimum absolute atomic E-state index is 0.0142. The lowest BCUT2D eigenvalue weighted by molar-refractivity contribution is -0.380. The molecule has 2 aromatic rings. The quantitative estimate of drug-likeness (QED) is 0.489. The Labute approximate surface area is 103 Å². The van der Waals surface area contributed by atoms with Crippen molar-refractivity contribution in [1.29, 1.82) is 0 Å². The van der Waals surface area contributed by atoms with Crippen molar-refractivity contribution in [2.24, 2.45) is 0 Å². The van der Waals surface area contributed by atoms with Crippen LogP contribution in [-0.2, 0) is 0 Å². The van der Waals surface area contributed by atoms with E-state index in [1.165, 1.54) is 0 Å². The van der Waals surface area contributed by atoms with Crippen molar-refractivity contribution in [3.05, 3.63) is 43.6 Å². The fourth-order valence-corrected chi connectivity index (χ4v) is 2.75. The van der Waals surface area contributed by atoms with Gasteiger partial charge in [-0.1, -0.05) is 16.5 Å². The van der Waals surface area contributed by atoms with Crippen LogP contribution in [0.3, 0.4) is 0 Å². The van der Waals surface area contributed by atoms with Gasteiger partial charge in [-0.25, -0.2) is 0 Å². The zero-order valence-corrected chi connectivity index (χ0v) is 9.74. The highest BCUT2D eigenvalue weighted by Crippen LogP contribution is 2.37. The average Bonchev–Trinajstić information content (AvgIpc) is 2.90. The molecule has 0 fully saturated rings. The summed E-state index contributed by atoms with van der Waals surface area (Å²) in [7, 11) is 0. The zero-order chi connectivity index (χ0) is 13.0. The Hall–Kier alpha value is -2.35. The van der Waals surface area contributed by atoms with Gasteiger partial charge in [-0.2, -0.15) is 0 Å². The van der Waals surface area contributed by atoms with Gasteiger partial charge >= 0.3 is 5.00 Å². The normalized spacial score (nSPS) is 13.4. The molecule has 90 valence electrons. The molecule has 2 aromatic heterocycles. The summed E-state index contributed by atoms with van der Waals surface area (Å²) in [5.41, 5.74) is 0.426. The van der Waals surface area contributed by atoms with Crippen LogP contribution >= 0.6 is 11.3 Å². The molecular formula is C10H4N2O5S. The van der Waals surface area contributed by atoms with E-state index in [-0.39, 0.29) is 26.8 Å². The Morgan fingerprint density at radius 2 is 2.11 bits per heavy atom. The second-order valence-electron chi connectivity index (χ2n) is 3.71. The van der Waals surface area contributed by atoms with Gasteiger partial charge in [-0.15, -0.1) is 0 Å². The van der Waals surface area contributed by atoms with Gasteiger partial charge in [-0.05, 0) is 6.92 Å². The van der Waals surface area contributed by atoms with Gasteiger partial charge in [0.15, 0.2) is 0 Å². The number of ketones is 2. The highest BCUT2D eigenvalue weighted by molar-refractivity contribution is 7.17. The van der Waals surface area contributed by atoms with Gasteiger partial charge in [0, 0.05) is 6.07 Å². The molecule has 18 heavy (non-hydrogen) atoms. The number of hydrogen-bond acceptors (Lipinski definition) is 7. The van der Waals surface area contributed by atoms with E-state index in [1.807, 2.05) is 0 Å². The van der Waals surface area contributed by atoms with Crippen LogP contribution in [0.15, 0.2) is 10.6 Å². The van der Waals surface area contributed by atoms with E-state index in [0.717, 1.165) is 6.07 Å². The number of rotatable bonds is 1. The number of nitro groups is 1. The number of hydrogen-bond donors (Lipinski definition) is 0. The summed E-state index contributed by atoms with van der Waals surface area (Å²) in [6.07, 6.45) is 0. The maximum absolute atomic E-state index is 12.1. The van der Waals surface area contributed by atoms with E-state index < -0.39 is 16.5 Å². The van der Waals surface area contributed by atoms with Crippen molar-refractivity contribution >= 4 is 27.9 Å². The molecule has 0 bridgehead atoms. The maximum Gasteiger partial charge on any atom is 0.325 e. The SMILES string of the molecule is Cc1noc2c1C(=O)c1sc([N+](=O)[O-])cc1C2=O. The minimum atomic E-state index is -0.629. The molecule has 0 saturated carbocycles. The van der Waals surface area contributed by atoms with Gasteiger partial charge in [0.1, 0.15) is 0 Å². The van der Waals surface area contributed by atoms with Crippen LogP contribution in [-0.4, -0.2) is 21.6 Å². The third kappa shape index (κ3) is 1.20.